The summed E-state index contributed by atoms with van der Waals surface area (Å²) in [4.78, 5) is 65.9. The minimum absolute atomic E-state index is 0.168. The van der Waals surface area contributed by atoms with Gasteiger partial charge in [0.25, 0.3) is 5.69 Å². The van der Waals surface area contributed by atoms with E-state index in [1.807, 2.05) is 19.1 Å². The fourth-order valence-electron chi connectivity index (χ4n) is 5.31. The second kappa shape index (κ2) is 10.9. The summed E-state index contributed by atoms with van der Waals surface area (Å²) in [6, 6.07) is 19.4. The molecule has 3 amide bonds. The number of aryl methyl sites for hydroxylation is 1. The quantitative estimate of drug-likeness (QED) is 0.178. The van der Waals surface area contributed by atoms with Crippen molar-refractivity contribution in [3.05, 3.63) is 114 Å². The normalized spacial score (nSPS) is 19.4. The van der Waals surface area contributed by atoms with E-state index in [4.69, 9.17) is 11.6 Å². The molecule has 4 aromatic rings. The highest BCUT2D eigenvalue weighted by Crippen LogP contribution is 2.54. The van der Waals surface area contributed by atoms with Gasteiger partial charge in [0.05, 0.1) is 21.6 Å². The van der Waals surface area contributed by atoms with Gasteiger partial charge in [-0.05, 0) is 48.4 Å². The van der Waals surface area contributed by atoms with Crippen LogP contribution in [0.3, 0.4) is 0 Å². The Bertz CT molecular complexity index is 1820. The van der Waals surface area contributed by atoms with Crippen LogP contribution in [0.15, 0.2) is 82.6 Å². The number of benzene rings is 3. The molecular weight excluding hydrogens is 600 g/mol. The van der Waals surface area contributed by atoms with Gasteiger partial charge in [0.15, 0.2) is 0 Å². The van der Waals surface area contributed by atoms with Crippen LogP contribution in [-0.4, -0.2) is 32.5 Å². The monoisotopic (exact) mass is 620 g/mol. The van der Waals surface area contributed by atoms with Crippen molar-refractivity contribution in [1.29, 1.82) is 0 Å². The van der Waals surface area contributed by atoms with E-state index < -0.39 is 39.7 Å². The van der Waals surface area contributed by atoms with Crippen molar-refractivity contribution in [2.45, 2.75) is 29.7 Å². The average molecular weight is 621 g/mol. The number of rotatable bonds is 6. The number of nitro groups is 1. The van der Waals surface area contributed by atoms with Crippen molar-refractivity contribution >= 4 is 69.5 Å². The Hall–Kier alpha value is -4.26. The molecule has 212 valence electrons. The first-order chi connectivity index (χ1) is 20.1. The minimum atomic E-state index is -0.888. The highest BCUT2D eigenvalue weighted by atomic mass is 35.5. The van der Waals surface area contributed by atoms with Gasteiger partial charge >= 0.3 is 4.87 Å². The number of aromatic nitrogens is 1. The number of nitro benzene ring substituents is 1. The molecule has 0 unspecified atom stereocenters. The molecule has 2 aliphatic heterocycles. The van der Waals surface area contributed by atoms with E-state index >= 15 is 0 Å². The van der Waals surface area contributed by atoms with Crippen molar-refractivity contribution in [3.8, 4) is 0 Å². The van der Waals surface area contributed by atoms with Crippen molar-refractivity contribution in [2.24, 2.45) is 5.92 Å². The molecule has 1 saturated heterocycles. The summed E-state index contributed by atoms with van der Waals surface area (Å²) >= 11 is 8.18. The largest absolute Gasteiger partial charge is 0.324 e. The third-order valence-corrected chi connectivity index (χ3v) is 10.2. The Morgan fingerprint density at radius 3 is 2.36 bits per heavy atom. The first-order valence-corrected chi connectivity index (χ1v) is 14.8. The Labute approximate surface area is 252 Å². The topological polar surface area (TPSA) is 132 Å². The van der Waals surface area contributed by atoms with Crippen LogP contribution in [0.1, 0.15) is 21.9 Å². The highest BCUT2D eigenvalue weighted by molar-refractivity contribution is 8.00. The first-order valence-electron chi connectivity index (χ1n) is 12.8. The second-order valence-corrected chi connectivity index (χ2v) is 12.4. The predicted octanol–water partition coefficient (Wildman–Crippen LogP) is 5.21. The fourth-order valence-corrected chi connectivity index (χ4v) is 8.21. The van der Waals surface area contributed by atoms with Crippen LogP contribution in [0.25, 0.3) is 0 Å². The lowest BCUT2D eigenvalue weighted by Gasteiger charge is -2.30. The van der Waals surface area contributed by atoms with Crippen LogP contribution in [-0.2, 0) is 20.9 Å². The van der Waals surface area contributed by atoms with Gasteiger partial charge in [0.1, 0.15) is 11.8 Å². The number of hydrogen-bond donors (Lipinski definition) is 1. The van der Waals surface area contributed by atoms with Gasteiger partial charge in [-0.3, -0.25) is 33.9 Å². The molecule has 0 aliphatic carbocycles. The van der Waals surface area contributed by atoms with Crippen LogP contribution < -0.4 is 15.1 Å². The maximum absolute atomic E-state index is 13.9. The molecule has 10 nitrogen and oxygen atoms in total. The number of halogens is 1. The van der Waals surface area contributed by atoms with Crippen molar-refractivity contribution < 1.29 is 19.3 Å². The Kier molecular flexibility index (Phi) is 7.21. The summed E-state index contributed by atoms with van der Waals surface area (Å²) in [5.41, 5.74) is 2.24. The number of thiazole rings is 1. The number of thioether (sulfide) groups is 1. The molecule has 1 fully saturated rings. The Balaban J connectivity index is 1.40. The van der Waals surface area contributed by atoms with Crippen molar-refractivity contribution in [2.75, 3.05) is 10.2 Å². The predicted molar refractivity (Wildman–Crippen MR) is 160 cm³/mol. The number of amides is 3. The van der Waals surface area contributed by atoms with Gasteiger partial charge in [-0.25, -0.2) is 4.90 Å². The van der Waals surface area contributed by atoms with E-state index in [0.29, 0.717) is 26.2 Å². The van der Waals surface area contributed by atoms with E-state index in [0.717, 1.165) is 33.6 Å². The molecule has 0 radical (unpaired) electrons. The third kappa shape index (κ3) is 4.81. The summed E-state index contributed by atoms with van der Waals surface area (Å²) in [5.74, 6) is -2.87. The molecule has 3 atom stereocenters. The molecule has 3 heterocycles. The van der Waals surface area contributed by atoms with Gasteiger partial charge in [0.2, 0.25) is 17.7 Å². The molecule has 3 aromatic carbocycles. The van der Waals surface area contributed by atoms with Crippen LogP contribution in [0, 0.1) is 23.0 Å². The van der Waals surface area contributed by atoms with Crippen LogP contribution in [0.2, 0.25) is 5.02 Å². The third-order valence-electron chi connectivity index (χ3n) is 7.32. The number of nitrogens with one attached hydrogen (secondary N) is 1. The number of fused-ring (bicyclic) bond motifs is 2. The number of non-ortho nitro benzene ring substituents is 1. The summed E-state index contributed by atoms with van der Waals surface area (Å²) in [7, 11) is 0. The number of imide groups is 1. The van der Waals surface area contributed by atoms with E-state index in [2.05, 4.69) is 5.32 Å². The number of anilines is 2. The lowest BCUT2D eigenvalue weighted by molar-refractivity contribution is -0.384. The average Bonchev–Trinajstić information content (AvgIpc) is 3.41. The van der Waals surface area contributed by atoms with Gasteiger partial charge in [-0.2, -0.15) is 0 Å². The summed E-state index contributed by atoms with van der Waals surface area (Å²) in [6.45, 7) is 1.59. The van der Waals surface area contributed by atoms with E-state index in [9.17, 15) is 29.3 Å². The molecule has 1 N–H and O–H groups in total. The van der Waals surface area contributed by atoms with Gasteiger partial charge in [0, 0.05) is 33.6 Å². The van der Waals surface area contributed by atoms with Crippen LogP contribution in [0.4, 0.5) is 17.1 Å². The van der Waals surface area contributed by atoms with Crippen LogP contribution >= 0.6 is 34.7 Å². The number of hydrogen-bond acceptors (Lipinski definition) is 8. The standard InChI is InChI=1S/C29H21ClN4O6S2/c1-15-4-2-3-5-20(15)31-21(35)14-32-28-25(42-29(32)38)22(16-6-8-17(30)9-7-16)23-24(41-28)27(37)33(26(23)36)18-10-12-19(13-11-18)34(39)40/h2-13,22-24H,14H2,1H3,(H,31,35)/t22-,23-,24+/m0/s1. The van der Waals surface area contributed by atoms with E-state index in [1.54, 1.807) is 36.4 Å². The number of nitrogens with zero attached hydrogens (tertiary/aromatic N) is 3. The number of carbonyl (C=O) groups is 3. The molecular formula is C29H21ClN4O6S2. The zero-order valence-electron chi connectivity index (χ0n) is 21.9. The second-order valence-electron chi connectivity index (χ2n) is 9.87. The lowest BCUT2D eigenvalue weighted by Crippen LogP contribution is -2.33. The molecule has 0 saturated carbocycles. The molecule has 13 heteroatoms. The summed E-state index contributed by atoms with van der Waals surface area (Å²) in [6.07, 6.45) is 0. The molecule has 0 bridgehead atoms. The minimum Gasteiger partial charge on any atom is -0.324 e. The first kappa shape index (κ1) is 27.9. The summed E-state index contributed by atoms with van der Waals surface area (Å²) in [5, 5.41) is 14.0. The smallest absolute Gasteiger partial charge is 0.308 e. The maximum Gasteiger partial charge on any atom is 0.308 e. The van der Waals surface area contributed by atoms with Crippen molar-refractivity contribution in [3.63, 3.8) is 0 Å². The molecule has 6 rings (SSSR count). The number of para-hydroxylation sites is 1. The maximum atomic E-state index is 13.9. The Morgan fingerprint density at radius 1 is 1.00 bits per heavy atom. The lowest BCUT2D eigenvalue weighted by atomic mass is 9.83. The van der Waals surface area contributed by atoms with Crippen molar-refractivity contribution in [1.82, 2.24) is 4.57 Å². The van der Waals surface area contributed by atoms with E-state index in [1.165, 1.54) is 28.8 Å². The molecule has 1 aromatic heterocycles. The molecule has 42 heavy (non-hydrogen) atoms. The van der Waals surface area contributed by atoms with Gasteiger partial charge in [-0.1, -0.05) is 65.0 Å². The Morgan fingerprint density at radius 2 is 1.69 bits per heavy atom. The molecule has 0 spiro atoms. The van der Waals surface area contributed by atoms with Gasteiger partial charge < -0.3 is 5.32 Å². The summed E-state index contributed by atoms with van der Waals surface area (Å²) < 4.78 is 1.35. The molecule has 2 aliphatic rings. The van der Waals surface area contributed by atoms with E-state index in [-0.39, 0.29) is 22.8 Å². The SMILES string of the molecule is Cc1ccccc1NC(=O)Cn1c2c(sc1=O)[C@@H](c1ccc(Cl)cc1)[C@@H]1C(=O)N(c3ccc([N+](=O)[O-])cc3)C(=O)[C@@H]1S2. The highest BCUT2D eigenvalue weighted by Gasteiger charge is 2.56. The number of carbonyl (C=O) groups excluding carboxylic acids is 3. The zero-order chi connectivity index (χ0) is 29.7. The van der Waals surface area contributed by atoms with Gasteiger partial charge in [-0.15, -0.1) is 0 Å². The zero-order valence-corrected chi connectivity index (χ0v) is 24.2. The van der Waals surface area contributed by atoms with Crippen LogP contribution in [0.5, 0.6) is 0 Å². The fraction of sp³-hybridized carbons (Fsp3) is 0.172.